The van der Waals surface area contributed by atoms with E-state index in [0.717, 1.165) is 12.0 Å². The Morgan fingerprint density at radius 1 is 1.44 bits per heavy atom. The zero-order chi connectivity index (χ0) is 12.0. The van der Waals surface area contributed by atoms with E-state index in [1.54, 1.807) is 12.1 Å². The number of alkyl halides is 1. The first-order chi connectivity index (χ1) is 7.58. The Morgan fingerprint density at radius 2 is 2.06 bits per heavy atom. The third-order valence-electron chi connectivity index (χ3n) is 2.14. The average Bonchev–Trinajstić information content (AvgIpc) is 2.21. The molecular formula is C12H15BrFNO. The smallest absolute Gasteiger partial charge is 0.224 e. The second-order valence-corrected chi connectivity index (χ2v) is 5.29. The minimum atomic E-state index is -0.280. The van der Waals surface area contributed by atoms with E-state index in [9.17, 15) is 9.18 Å². The van der Waals surface area contributed by atoms with Gasteiger partial charge in [-0.15, -0.1) is 0 Å². The van der Waals surface area contributed by atoms with Gasteiger partial charge >= 0.3 is 0 Å². The summed E-state index contributed by atoms with van der Waals surface area (Å²) in [6.07, 6.45) is 1.20. The number of benzene rings is 1. The maximum atomic E-state index is 12.6. The van der Waals surface area contributed by atoms with E-state index in [1.807, 2.05) is 6.92 Å². The normalized spacial score (nSPS) is 12.2. The summed E-state index contributed by atoms with van der Waals surface area (Å²) in [5, 5.41) is 2.81. The van der Waals surface area contributed by atoms with Crippen LogP contribution < -0.4 is 5.32 Å². The molecule has 16 heavy (non-hydrogen) atoms. The van der Waals surface area contributed by atoms with Gasteiger partial charge in [0.05, 0.1) is 6.42 Å². The van der Waals surface area contributed by atoms with Crippen LogP contribution in [0, 0.1) is 5.82 Å². The number of hydrogen-bond donors (Lipinski definition) is 1. The average molecular weight is 288 g/mol. The van der Waals surface area contributed by atoms with E-state index in [2.05, 4.69) is 21.2 Å². The van der Waals surface area contributed by atoms with E-state index in [4.69, 9.17) is 0 Å². The van der Waals surface area contributed by atoms with Crippen LogP contribution >= 0.6 is 15.9 Å². The lowest BCUT2D eigenvalue weighted by Crippen LogP contribution is -2.27. The molecule has 0 aliphatic rings. The summed E-state index contributed by atoms with van der Waals surface area (Å²) < 4.78 is 12.6. The monoisotopic (exact) mass is 287 g/mol. The molecule has 1 aromatic carbocycles. The standard InChI is InChI=1S/C12H15BrFNO/c1-9(13)6-7-15-12(16)8-10-2-4-11(14)5-3-10/h2-5,9H,6-8H2,1H3,(H,15,16). The molecular weight excluding hydrogens is 273 g/mol. The van der Waals surface area contributed by atoms with Gasteiger partial charge in [0.1, 0.15) is 5.82 Å². The molecule has 88 valence electrons. The molecule has 1 unspecified atom stereocenters. The summed E-state index contributed by atoms with van der Waals surface area (Å²) in [5.41, 5.74) is 0.825. The first kappa shape index (κ1) is 13.2. The molecule has 0 spiro atoms. The van der Waals surface area contributed by atoms with E-state index in [0.29, 0.717) is 17.8 Å². The Hall–Kier alpha value is -0.900. The van der Waals surface area contributed by atoms with Gasteiger partial charge in [-0.2, -0.15) is 0 Å². The minimum Gasteiger partial charge on any atom is -0.356 e. The molecule has 0 saturated carbocycles. The van der Waals surface area contributed by atoms with Gasteiger partial charge < -0.3 is 5.32 Å². The third-order valence-corrected chi connectivity index (χ3v) is 2.60. The maximum absolute atomic E-state index is 12.6. The zero-order valence-electron chi connectivity index (χ0n) is 9.17. The molecule has 0 radical (unpaired) electrons. The van der Waals surface area contributed by atoms with Crippen molar-refractivity contribution in [1.82, 2.24) is 5.32 Å². The van der Waals surface area contributed by atoms with Crippen molar-refractivity contribution >= 4 is 21.8 Å². The van der Waals surface area contributed by atoms with E-state index >= 15 is 0 Å². The van der Waals surface area contributed by atoms with Gasteiger partial charge in [0.15, 0.2) is 0 Å². The van der Waals surface area contributed by atoms with Crippen molar-refractivity contribution in [2.24, 2.45) is 0 Å². The molecule has 1 atom stereocenters. The molecule has 0 fully saturated rings. The largest absolute Gasteiger partial charge is 0.356 e. The van der Waals surface area contributed by atoms with Gasteiger partial charge in [0.25, 0.3) is 0 Å². The Bertz CT molecular complexity index is 337. The highest BCUT2D eigenvalue weighted by molar-refractivity contribution is 9.09. The van der Waals surface area contributed by atoms with Crippen molar-refractivity contribution in [1.29, 1.82) is 0 Å². The van der Waals surface area contributed by atoms with Crippen LogP contribution in [0.4, 0.5) is 4.39 Å². The molecule has 0 bridgehead atoms. The highest BCUT2D eigenvalue weighted by Gasteiger charge is 2.03. The van der Waals surface area contributed by atoms with Crippen molar-refractivity contribution in [3.8, 4) is 0 Å². The van der Waals surface area contributed by atoms with Crippen LogP contribution in [0.2, 0.25) is 0 Å². The molecule has 1 amide bonds. The van der Waals surface area contributed by atoms with Gasteiger partial charge in [0, 0.05) is 11.4 Å². The summed E-state index contributed by atoms with van der Waals surface area (Å²) in [4.78, 5) is 11.9. The summed E-state index contributed by atoms with van der Waals surface area (Å²) in [5.74, 6) is -0.308. The molecule has 2 nitrogen and oxygen atoms in total. The van der Waals surface area contributed by atoms with Crippen LogP contribution in [0.1, 0.15) is 18.9 Å². The van der Waals surface area contributed by atoms with E-state index in [-0.39, 0.29) is 11.7 Å². The summed E-state index contributed by atoms with van der Waals surface area (Å²) in [7, 11) is 0. The summed E-state index contributed by atoms with van der Waals surface area (Å²) >= 11 is 3.41. The lowest BCUT2D eigenvalue weighted by Gasteiger charge is -2.06. The van der Waals surface area contributed by atoms with Gasteiger partial charge in [-0.25, -0.2) is 4.39 Å². The van der Waals surface area contributed by atoms with Crippen LogP contribution in [0.25, 0.3) is 0 Å². The van der Waals surface area contributed by atoms with E-state index < -0.39 is 0 Å². The van der Waals surface area contributed by atoms with Crippen LogP contribution in [0.15, 0.2) is 24.3 Å². The lowest BCUT2D eigenvalue weighted by atomic mass is 10.1. The molecule has 0 aliphatic heterocycles. The fourth-order valence-electron chi connectivity index (χ4n) is 1.26. The Kier molecular flexibility index (Phi) is 5.46. The SMILES string of the molecule is CC(Br)CCNC(=O)Cc1ccc(F)cc1. The van der Waals surface area contributed by atoms with Crippen LogP contribution in [0.3, 0.4) is 0 Å². The van der Waals surface area contributed by atoms with Crippen molar-refractivity contribution in [3.05, 3.63) is 35.6 Å². The predicted octanol–water partition coefficient (Wildman–Crippen LogP) is 2.66. The number of rotatable bonds is 5. The number of amides is 1. The fourth-order valence-corrected chi connectivity index (χ4v) is 1.49. The van der Waals surface area contributed by atoms with Crippen molar-refractivity contribution in [2.75, 3.05) is 6.54 Å². The van der Waals surface area contributed by atoms with Crippen molar-refractivity contribution in [2.45, 2.75) is 24.6 Å². The number of nitrogens with one attached hydrogen (secondary N) is 1. The molecule has 0 aliphatic carbocycles. The molecule has 0 saturated heterocycles. The molecule has 0 heterocycles. The lowest BCUT2D eigenvalue weighted by molar-refractivity contribution is -0.120. The first-order valence-electron chi connectivity index (χ1n) is 5.23. The quantitative estimate of drug-likeness (QED) is 0.829. The topological polar surface area (TPSA) is 29.1 Å². The summed E-state index contributed by atoms with van der Waals surface area (Å²) in [6, 6.07) is 5.98. The predicted molar refractivity (Wildman–Crippen MR) is 66.1 cm³/mol. The van der Waals surface area contributed by atoms with Gasteiger partial charge in [-0.05, 0) is 24.1 Å². The minimum absolute atomic E-state index is 0.0280. The Morgan fingerprint density at radius 3 is 2.62 bits per heavy atom. The Balaban J connectivity index is 2.31. The molecule has 0 aromatic heterocycles. The number of halogens is 2. The first-order valence-corrected chi connectivity index (χ1v) is 6.14. The van der Waals surface area contributed by atoms with Crippen LogP contribution in [-0.4, -0.2) is 17.3 Å². The third kappa shape index (κ3) is 5.26. The molecule has 4 heteroatoms. The molecule has 1 rings (SSSR count). The maximum Gasteiger partial charge on any atom is 0.224 e. The summed E-state index contributed by atoms with van der Waals surface area (Å²) in [6.45, 7) is 2.69. The highest BCUT2D eigenvalue weighted by atomic mass is 79.9. The van der Waals surface area contributed by atoms with Gasteiger partial charge in [-0.1, -0.05) is 35.0 Å². The second kappa shape index (κ2) is 6.63. The van der Waals surface area contributed by atoms with Crippen molar-refractivity contribution < 1.29 is 9.18 Å². The van der Waals surface area contributed by atoms with Crippen LogP contribution in [0.5, 0.6) is 0 Å². The van der Waals surface area contributed by atoms with Gasteiger partial charge in [0.2, 0.25) is 5.91 Å². The number of carbonyl (C=O) groups excluding carboxylic acids is 1. The fraction of sp³-hybridized carbons (Fsp3) is 0.417. The molecule has 1 aromatic rings. The van der Waals surface area contributed by atoms with Gasteiger partial charge in [-0.3, -0.25) is 4.79 Å². The van der Waals surface area contributed by atoms with Crippen LogP contribution in [-0.2, 0) is 11.2 Å². The zero-order valence-corrected chi connectivity index (χ0v) is 10.8. The molecule has 1 N–H and O–H groups in total. The highest BCUT2D eigenvalue weighted by Crippen LogP contribution is 2.04. The number of hydrogen-bond acceptors (Lipinski definition) is 1. The Labute approximate surface area is 103 Å². The number of carbonyl (C=O) groups is 1. The second-order valence-electron chi connectivity index (χ2n) is 3.72. The van der Waals surface area contributed by atoms with Crippen molar-refractivity contribution in [3.63, 3.8) is 0 Å². The van der Waals surface area contributed by atoms with E-state index in [1.165, 1.54) is 12.1 Å².